The molecule has 0 aliphatic rings. The average Bonchev–Trinajstić information content (AvgIpc) is 2.59. The molecule has 1 heterocycles. The molecule has 3 nitrogen and oxygen atoms in total. The standard InChI is InChI=1S/C11H12N2OS/c1-2-5-10(14)15-11-12-8-6-3-4-7-9(8)13-11/h3-4,6-7H,2,5H2,1H3,(H,12,13). The van der Waals surface area contributed by atoms with E-state index >= 15 is 0 Å². The summed E-state index contributed by atoms with van der Waals surface area (Å²) in [5, 5.41) is 0.853. The van der Waals surface area contributed by atoms with Crippen LogP contribution in [0.15, 0.2) is 29.4 Å². The second-order valence-corrected chi connectivity index (χ2v) is 4.33. The molecule has 2 aromatic rings. The predicted molar refractivity (Wildman–Crippen MR) is 61.9 cm³/mol. The van der Waals surface area contributed by atoms with Gasteiger partial charge in [0.15, 0.2) is 10.3 Å². The molecule has 0 aliphatic heterocycles. The van der Waals surface area contributed by atoms with Gasteiger partial charge in [0.05, 0.1) is 11.0 Å². The quantitative estimate of drug-likeness (QED) is 0.809. The van der Waals surface area contributed by atoms with Crippen molar-refractivity contribution >= 4 is 27.9 Å². The molecule has 0 atom stereocenters. The van der Waals surface area contributed by atoms with Crippen molar-refractivity contribution in [2.75, 3.05) is 0 Å². The van der Waals surface area contributed by atoms with Crippen LogP contribution in [0.4, 0.5) is 0 Å². The number of benzene rings is 1. The van der Waals surface area contributed by atoms with Crippen molar-refractivity contribution in [1.29, 1.82) is 0 Å². The number of carbonyl (C=O) groups is 1. The number of carbonyl (C=O) groups excluding carboxylic acids is 1. The second kappa shape index (κ2) is 4.49. The van der Waals surface area contributed by atoms with E-state index < -0.39 is 0 Å². The summed E-state index contributed by atoms with van der Waals surface area (Å²) in [6.07, 6.45) is 1.48. The van der Waals surface area contributed by atoms with Crippen LogP contribution in [0.1, 0.15) is 19.8 Å². The summed E-state index contributed by atoms with van der Waals surface area (Å²) in [7, 11) is 0. The van der Waals surface area contributed by atoms with E-state index in [1.807, 2.05) is 31.2 Å². The number of nitrogens with one attached hydrogen (secondary N) is 1. The summed E-state index contributed by atoms with van der Waals surface area (Å²) in [5.74, 6) is 0. The molecule has 0 aliphatic carbocycles. The zero-order valence-electron chi connectivity index (χ0n) is 8.49. The molecule has 0 unspecified atom stereocenters. The van der Waals surface area contributed by atoms with E-state index in [1.165, 1.54) is 11.8 Å². The zero-order chi connectivity index (χ0) is 10.7. The van der Waals surface area contributed by atoms with Gasteiger partial charge in [0, 0.05) is 6.42 Å². The van der Waals surface area contributed by atoms with Crippen LogP contribution in [0.3, 0.4) is 0 Å². The van der Waals surface area contributed by atoms with E-state index in [9.17, 15) is 4.79 Å². The van der Waals surface area contributed by atoms with Crippen LogP contribution in [-0.4, -0.2) is 15.1 Å². The van der Waals surface area contributed by atoms with Gasteiger partial charge < -0.3 is 4.98 Å². The molecular formula is C11H12N2OS. The first kappa shape index (κ1) is 10.2. The molecule has 0 spiro atoms. The minimum absolute atomic E-state index is 0.163. The van der Waals surface area contributed by atoms with E-state index in [4.69, 9.17) is 0 Å². The van der Waals surface area contributed by atoms with Crippen LogP contribution >= 0.6 is 11.8 Å². The number of aromatic amines is 1. The highest BCUT2D eigenvalue weighted by atomic mass is 32.2. The van der Waals surface area contributed by atoms with Crippen LogP contribution in [-0.2, 0) is 4.79 Å². The molecule has 4 heteroatoms. The fraction of sp³-hybridized carbons (Fsp3) is 0.273. The van der Waals surface area contributed by atoms with Crippen molar-refractivity contribution < 1.29 is 4.79 Å². The maximum Gasteiger partial charge on any atom is 0.196 e. The number of rotatable bonds is 3. The van der Waals surface area contributed by atoms with Gasteiger partial charge in [-0.3, -0.25) is 4.79 Å². The van der Waals surface area contributed by atoms with E-state index in [0.717, 1.165) is 17.5 Å². The molecule has 0 saturated heterocycles. The Labute approximate surface area is 92.3 Å². The van der Waals surface area contributed by atoms with Gasteiger partial charge in [-0.25, -0.2) is 4.98 Å². The Balaban J connectivity index is 2.18. The number of nitrogens with zero attached hydrogens (tertiary/aromatic N) is 1. The van der Waals surface area contributed by atoms with Gasteiger partial charge in [-0.2, -0.15) is 0 Å². The normalized spacial score (nSPS) is 10.7. The lowest BCUT2D eigenvalue weighted by Gasteiger charge is -1.92. The number of H-pyrrole nitrogens is 1. The Hall–Kier alpha value is -1.29. The largest absolute Gasteiger partial charge is 0.333 e. The predicted octanol–water partition coefficient (Wildman–Crippen LogP) is 2.98. The fourth-order valence-corrected chi connectivity index (χ4v) is 2.17. The van der Waals surface area contributed by atoms with Crippen LogP contribution < -0.4 is 0 Å². The number of hydrogen-bond donors (Lipinski definition) is 1. The Morgan fingerprint density at radius 2 is 2.27 bits per heavy atom. The van der Waals surface area contributed by atoms with Crippen LogP contribution in [0.25, 0.3) is 11.0 Å². The van der Waals surface area contributed by atoms with Crippen molar-refractivity contribution in [1.82, 2.24) is 9.97 Å². The third-order valence-corrected chi connectivity index (χ3v) is 2.85. The Morgan fingerprint density at radius 3 is 3.00 bits per heavy atom. The lowest BCUT2D eigenvalue weighted by atomic mass is 10.3. The summed E-state index contributed by atoms with van der Waals surface area (Å²) >= 11 is 1.19. The van der Waals surface area contributed by atoms with Gasteiger partial charge in [0.25, 0.3) is 0 Å². The SMILES string of the molecule is CCCC(=O)Sc1nc2ccccc2[nH]1. The highest BCUT2D eigenvalue weighted by molar-refractivity contribution is 8.13. The van der Waals surface area contributed by atoms with Crippen molar-refractivity contribution in [2.45, 2.75) is 24.9 Å². The highest BCUT2D eigenvalue weighted by Gasteiger charge is 2.07. The van der Waals surface area contributed by atoms with Crippen LogP contribution in [0.5, 0.6) is 0 Å². The maximum atomic E-state index is 11.4. The molecule has 15 heavy (non-hydrogen) atoms. The summed E-state index contributed by atoms with van der Waals surface area (Å²) in [6.45, 7) is 2.00. The second-order valence-electron chi connectivity index (χ2n) is 3.28. The molecule has 2 rings (SSSR count). The smallest absolute Gasteiger partial charge is 0.196 e. The van der Waals surface area contributed by atoms with Gasteiger partial charge in [0.1, 0.15) is 0 Å². The van der Waals surface area contributed by atoms with Crippen molar-refractivity contribution in [3.63, 3.8) is 0 Å². The van der Waals surface area contributed by atoms with Gasteiger partial charge >= 0.3 is 0 Å². The lowest BCUT2D eigenvalue weighted by Crippen LogP contribution is -1.90. The molecular weight excluding hydrogens is 208 g/mol. The van der Waals surface area contributed by atoms with Gasteiger partial charge in [-0.05, 0) is 30.3 Å². The molecule has 1 N–H and O–H groups in total. The first-order valence-corrected chi connectivity index (χ1v) is 5.76. The van der Waals surface area contributed by atoms with Crippen molar-refractivity contribution in [3.05, 3.63) is 24.3 Å². The zero-order valence-corrected chi connectivity index (χ0v) is 9.30. The Kier molecular flexibility index (Phi) is 3.06. The van der Waals surface area contributed by atoms with Crippen LogP contribution in [0, 0.1) is 0 Å². The van der Waals surface area contributed by atoms with Gasteiger partial charge in [-0.1, -0.05) is 19.1 Å². The minimum atomic E-state index is 0.163. The Morgan fingerprint density at radius 1 is 1.47 bits per heavy atom. The van der Waals surface area contributed by atoms with E-state index in [1.54, 1.807) is 0 Å². The van der Waals surface area contributed by atoms with E-state index in [2.05, 4.69) is 9.97 Å². The van der Waals surface area contributed by atoms with Crippen molar-refractivity contribution in [2.24, 2.45) is 0 Å². The third kappa shape index (κ3) is 2.39. The highest BCUT2D eigenvalue weighted by Crippen LogP contribution is 2.21. The average molecular weight is 220 g/mol. The molecule has 0 amide bonds. The summed E-state index contributed by atoms with van der Waals surface area (Å²) in [6, 6.07) is 7.77. The third-order valence-electron chi connectivity index (χ3n) is 2.03. The van der Waals surface area contributed by atoms with Gasteiger partial charge in [0.2, 0.25) is 0 Å². The molecule has 1 aromatic carbocycles. The van der Waals surface area contributed by atoms with Gasteiger partial charge in [-0.15, -0.1) is 0 Å². The van der Waals surface area contributed by atoms with Crippen molar-refractivity contribution in [3.8, 4) is 0 Å². The fourth-order valence-electron chi connectivity index (χ4n) is 1.34. The summed E-state index contributed by atoms with van der Waals surface area (Å²) < 4.78 is 0. The Bertz CT molecular complexity index is 445. The number of hydrogen-bond acceptors (Lipinski definition) is 3. The molecule has 0 bridgehead atoms. The summed E-state index contributed by atoms with van der Waals surface area (Å²) in [5.41, 5.74) is 1.88. The molecule has 78 valence electrons. The first-order valence-electron chi connectivity index (χ1n) is 4.95. The van der Waals surface area contributed by atoms with E-state index in [0.29, 0.717) is 11.6 Å². The summed E-state index contributed by atoms with van der Waals surface area (Å²) in [4.78, 5) is 18.8. The monoisotopic (exact) mass is 220 g/mol. The molecule has 0 radical (unpaired) electrons. The topological polar surface area (TPSA) is 45.8 Å². The number of aromatic nitrogens is 2. The van der Waals surface area contributed by atoms with Crippen LogP contribution in [0.2, 0.25) is 0 Å². The number of fused-ring (bicyclic) bond motifs is 1. The minimum Gasteiger partial charge on any atom is -0.333 e. The first-order chi connectivity index (χ1) is 7.29. The molecule has 0 fully saturated rings. The molecule has 0 saturated carbocycles. The molecule has 1 aromatic heterocycles. The number of thioether (sulfide) groups is 1. The maximum absolute atomic E-state index is 11.4. The number of para-hydroxylation sites is 2. The van der Waals surface area contributed by atoms with E-state index in [-0.39, 0.29) is 5.12 Å². The lowest BCUT2D eigenvalue weighted by molar-refractivity contribution is -0.111. The number of imidazole rings is 1.